The number of benzene rings is 1. The van der Waals surface area contributed by atoms with Crippen molar-refractivity contribution in [1.29, 1.82) is 0 Å². The van der Waals surface area contributed by atoms with E-state index < -0.39 is 49.9 Å². The van der Waals surface area contributed by atoms with Gasteiger partial charge in [-0.15, -0.1) is 0 Å². The molecule has 1 spiro atoms. The molecule has 2 atom stereocenters. The number of carbonyl (C=O) groups excluding carboxylic acids is 2. The van der Waals surface area contributed by atoms with Gasteiger partial charge in [0.2, 0.25) is 10.0 Å². The fourth-order valence-electron chi connectivity index (χ4n) is 4.40. The Bertz CT molecular complexity index is 960. The Balaban J connectivity index is 1.51. The van der Waals surface area contributed by atoms with Crippen LogP contribution in [-0.4, -0.2) is 58.7 Å². The molecule has 2 aliphatic heterocycles. The van der Waals surface area contributed by atoms with Gasteiger partial charge in [0.15, 0.2) is 11.6 Å². The Kier molecular flexibility index (Phi) is 5.41. The van der Waals surface area contributed by atoms with Crippen molar-refractivity contribution in [1.82, 2.24) is 15.4 Å². The third-order valence-corrected chi connectivity index (χ3v) is 7.34. The van der Waals surface area contributed by atoms with Crippen molar-refractivity contribution in [2.24, 2.45) is 5.92 Å². The molecular weight excluding hydrogens is 422 g/mol. The van der Waals surface area contributed by atoms with E-state index in [2.05, 4.69) is 15.4 Å². The van der Waals surface area contributed by atoms with Gasteiger partial charge >= 0.3 is 6.03 Å². The van der Waals surface area contributed by atoms with Gasteiger partial charge in [0, 0.05) is 25.6 Å². The van der Waals surface area contributed by atoms with E-state index in [4.69, 9.17) is 4.74 Å². The van der Waals surface area contributed by atoms with Gasteiger partial charge in [-0.25, -0.2) is 26.7 Å². The molecule has 4 rings (SSSR count). The zero-order valence-electron chi connectivity index (χ0n) is 16.0. The molecule has 30 heavy (non-hydrogen) atoms. The standard InChI is InChI=1S/C18H22F2N4O5S/c19-13-8-12(9-14(20)15(13)24-4-6-29-7-5-24)30(27,28)21-10-11-2-1-3-18(11)16(25)22-17(26)23-18/h8-9,11,21H,1-7,10H2,(H2,22,23,25,26). The number of carbonyl (C=O) groups is 2. The average Bonchev–Trinajstić information content (AvgIpc) is 3.23. The second-order valence-electron chi connectivity index (χ2n) is 7.66. The first-order chi connectivity index (χ1) is 14.2. The molecule has 0 radical (unpaired) electrons. The minimum atomic E-state index is -4.24. The van der Waals surface area contributed by atoms with Gasteiger partial charge in [0.05, 0.1) is 18.1 Å². The maximum absolute atomic E-state index is 14.6. The van der Waals surface area contributed by atoms with Crippen molar-refractivity contribution in [2.45, 2.75) is 29.7 Å². The van der Waals surface area contributed by atoms with Crippen molar-refractivity contribution in [3.8, 4) is 0 Å². The fraction of sp³-hybridized carbons (Fsp3) is 0.556. The number of urea groups is 1. The highest BCUT2D eigenvalue weighted by atomic mass is 32.2. The van der Waals surface area contributed by atoms with Crippen LogP contribution in [0.4, 0.5) is 19.3 Å². The lowest BCUT2D eigenvalue weighted by Crippen LogP contribution is -2.53. The monoisotopic (exact) mass is 444 g/mol. The third kappa shape index (κ3) is 3.63. The predicted octanol–water partition coefficient (Wildman–Crippen LogP) is 0.458. The highest BCUT2D eigenvalue weighted by Gasteiger charge is 2.54. The van der Waals surface area contributed by atoms with Gasteiger partial charge in [-0.05, 0) is 25.0 Å². The summed E-state index contributed by atoms with van der Waals surface area (Å²) in [6, 6.07) is 0.952. The summed E-state index contributed by atoms with van der Waals surface area (Å²) >= 11 is 0. The molecule has 2 saturated heterocycles. The van der Waals surface area contributed by atoms with Gasteiger partial charge < -0.3 is 15.0 Å². The fourth-order valence-corrected chi connectivity index (χ4v) is 5.51. The minimum Gasteiger partial charge on any atom is -0.378 e. The number of hydrogen-bond acceptors (Lipinski definition) is 6. The lowest BCUT2D eigenvalue weighted by atomic mass is 9.87. The summed E-state index contributed by atoms with van der Waals surface area (Å²) in [4.78, 5) is 24.7. The highest BCUT2D eigenvalue weighted by Crippen LogP contribution is 2.38. The summed E-state index contributed by atoms with van der Waals surface area (Å²) in [6.07, 6.45) is 1.56. The molecule has 3 aliphatic rings. The summed E-state index contributed by atoms with van der Waals surface area (Å²) in [5.41, 5.74) is -1.44. The van der Waals surface area contributed by atoms with Crippen molar-refractivity contribution in [3.05, 3.63) is 23.8 Å². The quantitative estimate of drug-likeness (QED) is 0.568. The van der Waals surface area contributed by atoms with Crippen LogP contribution in [0.3, 0.4) is 0 Å². The van der Waals surface area contributed by atoms with Gasteiger partial charge in [-0.2, -0.15) is 0 Å². The van der Waals surface area contributed by atoms with Crippen LogP contribution in [-0.2, 0) is 19.6 Å². The van der Waals surface area contributed by atoms with Crippen LogP contribution in [0.1, 0.15) is 19.3 Å². The van der Waals surface area contributed by atoms with Crippen LogP contribution in [0.25, 0.3) is 0 Å². The number of nitrogens with one attached hydrogen (secondary N) is 3. The number of imide groups is 1. The first-order valence-electron chi connectivity index (χ1n) is 9.68. The van der Waals surface area contributed by atoms with Gasteiger partial charge in [-0.3, -0.25) is 10.1 Å². The van der Waals surface area contributed by atoms with E-state index in [0.717, 1.165) is 12.1 Å². The molecule has 164 valence electrons. The highest BCUT2D eigenvalue weighted by molar-refractivity contribution is 7.89. The molecule has 9 nitrogen and oxygen atoms in total. The normalized spacial score (nSPS) is 26.9. The molecule has 0 bridgehead atoms. The molecule has 2 heterocycles. The number of amides is 3. The third-order valence-electron chi connectivity index (χ3n) is 5.94. The molecule has 1 aromatic carbocycles. The first kappa shape index (κ1) is 20.9. The lowest BCUT2D eigenvalue weighted by molar-refractivity contribution is -0.125. The zero-order valence-corrected chi connectivity index (χ0v) is 16.9. The predicted molar refractivity (Wildman–Crippen MR) is 101 cm³/mol. The molecule has 1 aliphatic carbocycles. The minimum absolute atomic E-state index is 0.148. The second kappa shape index (κ2) is 7.75. The van der Waals surface area contributed by atoms with Crippen molar-refractivity contribution in [3.63, 3.8) is 0 Å². The van der Waals surface area contributed by atoms with Gasteiger partial charge in [0.25, 0.3) is 5.91 Å². The molecule has 3 amide bonds. The van der Waals surface area contributed by atoms with E-state index in [1.807, 2.05) is 0 Å². The Morgan fingerprint density at radius 1 is 1.20 bits per heavy atom. The molecule has 1 aromatic rings. The zero-order chi connectivity index (χ0) is 21.5. The van der Waals surface area contributed by atoms with E-state index in [1.165, 1.54) is 4.90 Å². The summed E-state index contributed by atoms with van der Waals surface area (Å²) in [5, 5.41) is 4.78. The molecular formula is C18H22F2N4O5S. The second-order valence-corrected chi connectivity index (χ2v) is 9.42. The maximum Gasteiger partial charge on any atom is 0.322 e. The van der Waals surface area contributed by atoms with E-state index in [1.54, 1.807) is 0 Å². The van der Waals surface area contributed by atoms with Crippen LogP contribution < -0.4 is 20.3 Å². The Labute approximate surface area is 172 Å². The summed E-state index contributed by atoms with van der Waals surface area (Å²) < 4.78 is 62.0. The SMILES string of the molecule is O=C1NC(=O)C2(CCCC2CNS(=O)(=O)c2cc(F)c(N3CCOCC3)c(F)c2)N1. The van der Waals surface area contributed by atoms with Gasteiger partial charge in [0.1, 0.15) is 11.2 Å². The van der Waals surface area contributed by atoms with E-state index in [0.29, 0.717) is 45.6 Å². The number of sulfonamides is 1. The molecule has 3 N–H and O–H groups in total. The summed E-state index contributed by atoms with van der Waals surface area (Å²) in [6.45, 7) is 1.11. The number of halogens is 2. The van der Waals surface area contributed by atoms with E-state index in [9.17, 15) is 26.8 Å². The van der Waals surface area contributed by atoms with Crippen LogP contribution in [0.2, 0.25) is 0 Å². The number of rotatable bonds is 5. The summed E-state index contributed by atoms with van der Waals surface area (Å²) in [5.74, 6) is -2.91. The first-order valence-corrected chi connectivity index (χ1v) is 11.2. The smallest absolute Gasteiger partial charge is 0.322 e. The Hall–Kier alpha value is -2.31. The number of nitrogens with zero attached hydrogens (tertiary/aromatic N) is 1. The van der Waals surface area contributed by atoms with E-state index in [-0.39, 0.29) is 12.2 Å². The molecule has 2 unspecified atom stereocenters. The topological polar surface area (TPSA) is 117 Å². The maximum atomic E-state index is 14.6. The number of ether oxygens (including phenoxy) is 1. The van der Waals surface area contributed by atoms with Crippen LogP contribution in [0.15, 0.2) is 17.0 Å². The molecule has 0 aromatic heterocycles. The van der Waals surface area contributed by atoms with Crippen LogP contribution >= 0.6 is 0 Å². The van der Waals surface area contributed by atoms with Crippen molar-refractivity contribution < 1.29 is 31.5 Å². The average molecular weight is 444 g/mol. The van der Waals surface area contributed by atoms with Crippen molar-refractivity contribution >= 4 is 27.6 Å². The molecule has 12 heteroatoms. The Morgan fingerprint density at radius 2 is 1.87 bits per heavy atom. The Morgan fingerprint density at radius 3 is 2.47 bits per heavy atom. The number of morpholine rings is 1. The van der Waals surface area contributed by atoms with Crippen LogP contribution in [0.5, 0.6) is 0 Å². The molecule has 3 fully saturated rings. The lowest BCUT2D eigenvalue weighted by Gasteiger charge is -2.29. The largest absolute Gasteiger partial charge is 0.378 e. The van der Waals surface area contributed by atoms with Crippen molar-refractivity contribution in [2.75, 3.05) is 37.7 Å². The van der Waals surface area contributed by atoms with Gasteiger partial charge in [-0.1, -0.05) is 6.42 Å². The van der Waals surface area contributed by atoms with E-state index >= 15 is 0 Å². The summed E-state index contributed by atoms with van der Waals surface area (Å²) in [7, 11) is -4.24. The van der Waals surface area contributed by atoms with Crippen LogP contribution in [0, 0.1) is 17.6 Å². The number of anilines is 1. The number of hydrogen-bond donors (Lipinski definition) is 3. The molecule has 1 saturated carbocycles.